The van der Waals surface area contributed by atoms with Gasteiger partial charge in [0.15, 0.2) is 0 Å². The maximum atomic E-state index is 13.8. The van der Waals surface area contributed by atoms with Crippen molar-refractivity contribution >= 4 is 0 Å². The lowest BCUT2D eigenvalue weighted by molar-refractivity contribution is 0.0740. The Kier molecular flexibility index (Phi) is 5.73. The Morgan fingerprint density at radius 1 is 1.33 bits per heavy atom. The third-order valence-electron chi connectivity index (χ3n) is 4.47. The molecule has 1 N–H and O–H groups in total. The summed E-state index contributed by atoms with van der Waals surface area (Å²) in [6.45, 7) is 8.22. The van der Waals surface area contributed by atoms with Crippen molar-refractivity contribution in [2.24, 2.45) is 5.92 Å². The molecule has 21 heavy (non-hydrogen) atoms. The Morgan fingerprint density at radius 3 is 2.76 bits per heavy atom. The van der Waals surface area contributed by atoms with Crippen molar-refractivity contribution < 1.29 is 9.50 Å². The SMILES string of the molecule is CC(CN1CCCN(C)CC1C)C(O)c1ccccc1F. The third kappa shape index (κ3) is 4.25. The van der Waals surface area contributed by atoms with Gasteiger partial charge in [0.25, 0.3) is 0 Å². The normalized spacial score (nSPS) is 24.5. The lowest BCUT2D eigenvalue weighted by Crippen LogP contribution is -2.41. The molecule has 0 spiro atoms. The zero-order chi connectivity index (χ0) is 15.4. The van der Waals surface area contributed by atoms with Gasteiger partial charge in [0.05, 0.1) is 6.10 Å². The smallest absolute Gasteiger partial charge is 0.129 e. The van der Waals surface area contributed by atoms with E-state index in [1.807, 2.05) is 6.92 Å². The second-order valence-corrected chi connectivity index (χ2v) is 6.40. The molecule has 1 saturated heterocycles. The Morgan fingerprint density at radius 2 is 2.05 bits per heavy atom. The summed E-state index contributed by atoms with van der Waals surface area (Å²) in [6.07, 6.45) is 0.392. The molecule has 3 nitrogen and oxygen atoms in total. The Hall–Kier alpha value is -0.970. The molecule has 118 valence electrons. The van der Waals surface area contributed by atoms with Crippen LogP contribution in [0.25, 0.3) is 0 Å². The van der Waals surface area contributed by atoms with Crippen LogP contribution in [0.2, 0.25) is 0 Å². The molecule has 3 unspecified atom stereocenters. The summed E-state index contributed by atoms with van der Waals surface area (Å²) in [5.74, 6) is -0.312. The van der Waals surface area contributed by atoms with Crippen molar-refractivity contribution in [2.75, 3.05) is 33.2 Å². The molecule has 0 amide bonds. The van der Waals surface area contributed by atoms with Gasteiger partial charge in [-0.2, -0.15) is 0 Å². The molecule has 1 fully saturated rings. The van der Waals surface area contributed by atoms with Gasteiger partial charge in [0.1, 0.15) is 5.82 Å². The average Bonchev–Trinajstić information content (AvgIpc) is 2.60. The zero-order valence-electron chi connectivity index (χ0n) is 13.3. The van der Waals surface area contributed by atoms with Gasteiger partial charge in [-0.25, -0.2) is 4.39 Å². The first-order valence-corrected chi connectivity index (χ1v) is 7.84. The minimum Gasteiger partial charge on any atom is -0.388 e. The number of rotatable bonds is 4. The molecule has 4 heteroatoms. The van der Waals surface area contributed by atoms with Crippen molar-refractivity contribution in [1.82, 2.24) is 9.80 Å². The lowest BCUT2D eigenvalue weighted by atomic mass is 9.96. The Balaban J connectivity index is 2.00. The molecule has 1 heterocycles. The van der Waals surface area contributed by atoms with Crippen LogP contribution in [0.3, 0.4) is 0 Å². The number of hydrogen-bond acceptors (Lipinski definition) is 3. The highest BCUT2D eigenvalue weighted by atomic mass is 19.1. The predicted molar refractivity (Wildman–Crippen MR) is 83.7 cm³/mol. The van der Waals surface area contributed by atoms with Crippen LogP contribution in [0.5, 0.6) is 0 Å². The first-order valence-electron chi connectivity index (χ1n) is 7.84. The van der Waals surface area contributed by atoms with Crippen molar-refractivity contribution in [1.29, 1.82) is 0 Å². The van der Waals surface area contributed by atoms with E-state index in [0.717, 1.165) is 32.6 Å². The molecule has 0 aromatic heterocycles. The minimum atomic E-state index is -0.751. The lowest BCUT2D eigenvalue weighted by Gasteiger charge is -2.32. The molecule has 1 aromatic rings. The molecule has 0 radical (unpaired) electrons. The van der Waals surface area contributed by atoms with E-state index in [1.54, 1.807) is 18.2 Å². The van der Waals surface area contributed by atoms with E-state index in [4.69, 9.17) is 0 Å². The molecule has 1 aromatic carbocycles. The number of halogens is 1. The maximum absolute atomic E-state index is 13.8. The van der Waals surface area contributed by atoms with Crippen LogP contribution >= 0.6 is 0 Å². The molecule has 0 saturated carbocycles. The summed E-state index contributed by atoms with van der Waals surface area (Å²) in [5, 5.41) is 10.4. The predicted octanol–water partition coefficient (Wildman–Crippen LogP) is 2.52. The van der Waals surface area contributed by atoms with Crippen LogP contribution in [0.4, 0.5) is 4.39 Å². The number of benzene rings is 1. The monoisotopic (exact) mass is 294 g/mol. The summed E-state index contributed by atoms with van der Waals surface area (Å²) in [6, 6.07) is 6.99. The number of aliphatic hydroxyl groups excluding tert-OH is 1. The highest BCUT2D eigenvalue weighted by molar-refractivity contribution is 5.20. The van der Waals surface area contributed by atoms with E-state index in [0.29, 0.717) is 11.6 Å². The first-order chi connectivity index (χ1) is 9.99. The second-order valence-electron chi connectivity index (χ2n) is 6.40. The van der Waals surface area contributed by atoms with Gasteiger partial charge in [-0.1, -0.05) is 25.1 Å². The van der Waals surface area contributed by atoms with E-state index >= 15 is 0 Å². The number of nitrogens with zero attached hydrogens (tertiary/aromatic N) is 2. The van der Waals surface area contributed by atoms with E-state index in [9.17, 15) is 9.50 Å². The fraction of sp³-hybridized carbons (Fsp3) is 0.647. The summed E-state index contributed by atoms with van der Waals surface area (Å²) < 4.78 is 13.8. The van der Waals surface area contributed by atoms with E-state index in [2.05, 4.69) is 23.8 Å². The van der Waals surface area contributed by atoms with Gasteiger partial charge < -0.3 is 10.0 Å². The van der Waals surface area contributed by atoms with Crippen LogP contribution in [0.1, 0.15) is 31.9 Å². The molecule has 2 rings (SSSR count). The minimum absolute atomic E-state index is 0.00718. The average molecular weight is 294 g/mol. The topological polar surface area (TPSA) is 26.7 Å². The quantitative estimate of drug-likeness (QED) is 0.924. The Labute approximate surface area is 127 Å². The van der Waals surface area contributed by atoms with E-state index in [1.165, 1.54) is 6.07 Å². The molecule has 1 aliphatic heterocycles. The standard InChI is InChI=1S/C17H27FN2O/c1-13(17(21)15-7-4-5-8-16(15)18)11-20-10-6-9-19(3)12-14(20)2/h4-5,7-8,13-14,17,21H,6,9-12H2,1-3H3. The number of aliphatic hydroxyl groups is 1. The van der Waals surface area contributed by atoms with Crippen LogP contribution in [-0.4, -0.2) is 54.2 Å². The van der Waals surface area contributed by atoms with Gasteiger partial charge >= 0.3 is 0 Å². The molecule has 0 aliphatic carbocycles. The highest BCUT2D eigenvalue weighted by Crippen LogP contribution is 2.25. The first kappa shape index (κ1) is 16.4. The van der Waals surface area contributed by atoms with Gasteiger partial charge in [-0.05, 0) is 45.5 Å². The molecular formula is C17H27FN2O. The molecular weight excluding hydrogens is 267 g/mol. The van der Waals surface area contributed by atoms with E-state index in [-0.39, 0.29) is 11.7 Å². The van der Waals surface area contributed by atoms with Gasteiger partial charge in [0, 0.05) is 24.7 Å². The fourth-order valence-electron chi connectivity index (χ4n) is 3.18. The van der Waals surface area contributed by atoms with Gasteiger partial charge in [-0.3, -0.25) is 4.90 Å². The van der Waals surface area contributed by atoms with Crippen molar-refractivity contribution in [3.05, 3.63) is 35.6 Å². The zero-order valence-corrected chi connectivity index (χ0v) is 13.3. The van der Waals surface area contributed by atoms with Gasteiger partial charge in [0.2, 0.25) is 0 Å². The van der Waals surface area contributed by atoms with Crippen LogP contribution in [-0.2, 0) is 0 Å². The fourth-order valence-corrected chi connectivity index (χ4v) is 3.18. The largest absolute Gasteiger partial charge is 0.388 e. The Bertz CT molecular complexity index is 454. The summed E-state index contributed by atoms with van der Waals surface area (Å²) in [5.41, 5.74) is 0.407. The maximum Gasteiger partial charge on any atom is 0.129 e. The van der Waals surface area contributed by atoms with E-state index < -0.39 is 6.10 Å². The van der Waals surface area contributed by atoms with Crippen LogP contribution < -0.4 is 0 Å². The molecule has 3 atom stereocenters. The number of hydrogen-bond donors (Lipinski definition) is 1. The van der Waals surface area contributed by atoms with Crippen molar-refractivity contribution in [2.45, 2.75) is 32.4 Å². The van der Waals surface area contributed by atoms with Crippen LogP contribution in [0.15, 0.2) is 24.3 Å². The summed E-state index contributed by atoms with van der Waals surface area (Å²) >= 11 is 0. The molecule has 1 aliphatic rings. The molecule has 0 bridgehead atoms. The third-order valence-corrected chi connectivity index (χ3v) is 4.47. The van der Waals surface area contributed by atoms with Crippen molar-refractivity contribution in [3.63, 3.8) is 0 Å². The number of likely N-dealkylation sites (N-methyl/N-ethyl adjacent to an activating group) is 1. The van der Waals surface area contributed by atoms with Crippen LogP contribution in [0, 0.1) is 11.7 Å². The highest BCUT2D eigenvalue weighted by Gasteiger charge is 2.25. The second kappa shape index (κ2) is 7.34. The van der Waals surface area contributed by atoms with Crippen molar-refractivity contribution in [3.8, 4) is 0 Å². The van der Waals surface area contributed by atoms with Gasteiger partial charge in [-0.15, -0.1) is 0 Å². The summed E-state index contributed by atoms with van der Waals surface area (Å²) in [7, 11) is 2.15. The summed E-state index contributed by atoms with van der Waals surface area (Å²) in [4.78, 5) is 4.76.